The number of hydrogen-bond acceptors (Lipinski definition) is 4. The van der Waals surface area contributed by atoms with E-state index < -0.39 is 0 Å². The molecule has 0 aliphatic rings. The third kappa shape index (κ3) is 3.93. The fraction of sp³-hybridized carbons (Fsp3) is 0.200. The van der Waals surface area contributed by atoms with Crippen LogP contribution in [0.5, 0.6) is 5.75 Å². The average Bonchev–Trinajstić information content (AvgIpc) is 2.85. The van der Waals surface area contributed by atoms with Crippen LogP contribution in [0, 0.1) is 6.92 Å². The topological polar surface area (TPSA) is 50.7 Å². The van der Waals surface area contributed by atoms with Crippen LogP contribution in [-0.4, -0.2) is 19.2 Å². The zero-order chi connectivity index (χ0) is 14.4. The molecule has 0 bridgehead atoms. The van der Waals surface area contributed by atoms with E-state index in [4.69, 9.17) is 4.74 Å². The highest BCUT2D eigenvalue weighted by Crippen LogP contribution is 2.13. The van der Waals surface area contributed by atoms with Crippen LogP contribution in [0.4, 0.5) is 0 Å². The second-order valence-corrected chi connectivity index (χ2v) is 5.23. The van der Waals surface area contributed by atoms with Gasteiger partial charge < -0.3 is 4.74 Å². The predicted molar refractivity (Wildman–Crippen MR) is 81.5 cm³/mol. The minimum Gasteiger partial charge on any atom is -0.497 e. The Kier molecular flexibility index (Phi) is 4.90. The predicted octanol–water partition coefficient (Wildman–Crippen LogP) is 2.76. The molecule has 1 aromatic heterocycles. The molecule has 20 heavy (non-hydrogen) atoms. The van der Waals surface area contributed by atoms with E-state index in [1.165, 1.54) is 0 Å². The lowest BCUT2D eigenvalue weighted by molar-refractivity contribution is -0.120. The lowest BCUT2D eigenvalue weighted by atomic mass is 10.1. The molecule has 1 aromatic carbocycles. The number of ether oxygens (including phenoxy) is 1. The molecule has 0 aliphatic carbocycles. The Morgan fingerprint density at radius 2 is 2.10 bits per heavy atom. The van der Waals surface area contributed by atoms with Crippen molar-refractivity contribution >= 4 is 23.5 Å². The van der Waals surface area contributed by atoms with Crippen LogP contribution < -0.4 is 10.2 Å². The van der Waals surface area contributed by atoms with Crippen LogP contribution in [0.2, 0.25) is 0 Å². The van der Waals surface area contributed by atoms with Gasteiger partial charge in [-0.3, -0.25) is 4.79 Å². The van der Waals surface area contributed by atoms with E-state index in [2.05, 4.69) is 10.5 Å². The van der Waals surface area contributed by atoms with Crippen LogP contribution in [0.25, 0.3) is 0 Å². The van der Waals surface area contributed by atoms with Crippen molar-refractivity contribution in [1.29, 1.82) is 0 Å². The van der Waals surface area contributed by atoms with Crippen molar-refractivity contribution in [2.75, 3.05) is 7.11 Å². The number of carbonyl (C=O) groups is 1. The number of carbonyl (C=O) groups excluding carboxylic acids is 1. The molecule has 0 radical (unpaired) electrons. The van der Waals surface area contributed by atoms with Gasteiger partial charge in [0.25, 0.3) is 0 Å². The molecule has 104 valence electrons. The first-order valence-electron chi connectivity index (χ1n) is 6.18. The van der Waals surface area contributed by atoms with Gasteiger partial charge in [-0.1, -0.05) is 12.1 Å². The van der Waals surface area contributed by atoms with Gasteiger partial charge >= 0.3 is 0 Å². The summed E-state index contributed by atoms with van der Waals surface area (Å²) in [6.07, 6.45) is 1.97. The molecule has 0 atom stereocenters. The zero-order valence-corrected chi connectivity index (χ0v) is 12.2. The van der Waals surface area contributed by atoms with Gasteiger partial charge in [-0.05, 0) is 41.6 Å². The van der Waals surface area contributed by atoms with Crippen LogP contribution in [-0.2, 0) is 11.2 Å². The van der Waals surface area contributed by atoms with Crippen molar-refractivity contribution in [3.8, 4) is 5.75 Å². The van der Waals surface area contributed by atoms with Gasteiger partial charge in [0.15, 0.2) is 0 Å². The summed E-state index contributed by atoms with van der Waals surface area (Å²) < 4.78 is 5.07. The van der Waals surface area contributed by atoms with E-state index in [-0.39, 0.29) is 5.91 Å². The Hall–Kier alpha value is -2.14. The number of methoxy groups -OCH3 is 1. The van der Waals surface area contributed by atoms with E-state index in [1.807, 2.05) is 42.6 Å². The first-order valence-corrected chi connectivity index (χ1v) is 7.06. The van der Waals surface area contributed by atoms with E-state index in [1.54, 1.807) is 24.7 Å². The van der Waals surface area contributed by atoms with Crippen LogP contribution in [0.3, 0.4) is 0 Å². The fourth-order valence-corrected chi connectivity index (χ4v) is 2.43. The van der Waals surface area contributed by atoms with Crippen molar-refractivity contribution in [1.82, 2.24) is 5.43 Å². The molecule has 2 rings (SSSR count). The number of nitrogens with one attached hydrogen (secondary N) is 1. The van der Waals surface area contributed by atoms with Crippen molar-refractivity contribution in [2.24, 2.45) is 5.10 Å². The second-order valence-electron chi connectivity index (χ2n) is 4.29. The molecule has 0 fully saturated rings. The molecule has 0 spiro atoms. The summed E-state index contributed by atoms with van der Waals surface area (Å²) in [4.78, 5) is 12.8. The molecule has 1 amide bonds. The van der Waals surface area contributed by atoms with Crippen LogP contribution in [0.1, 0.15) is 16.0 Å². The molecule has 1 N–H and O–H groups in total. The lowest BCUT2D eigenvalue weighted by Gasteiger charge is -2.02. The Bertz CT molecular complexity index is 603. The third-order valence-corrected chi connectivity index (χ3v) is 3.75. The summed E-state index contributed by atoms with van der Waals surface area (Å²) in [5.74, 6) is 0.640. The molecule has 4 nitrogen and oxygen atoms in total. The van der Waals surface area contributed by atoms with E-state index >= 15 is 0 Å². The SMILES string of the molecule is COc1ccc(CC(=O)N/N=C/c2sccc2C)cc1. The molecule has 1 heterocycles. The summed E-state index contributed by atoms with van der Waals surface area (Å²) in [6.45, 7) is 2.01. The molecular weight excluding hydrogens is 272 g/mol. The molecule has 0 saturated heterocycles. The quantitative estimate of drug-likeness (QED) is 0.679. The standard InChI is InChI=1S/C15H16N2O2S/c1-11-7-8-20-14(11)10-16-17-15(18)9-12-3-5-13(19-2)6-4-12/h3-8,10H,9H2,1-2H3,(H,17,18)/b16-10+. The first-order chi connectivity index (χ1) is 9.69. The number of hydrogen-bond donors (Lipinski definition) is 1. The Morgan fingerprint density at radius 1 is 1.35 bits per heavy atom. The number of rotatable bonds is 5. The third-order valence-electron chi connectivity index (χ3n) is 2.80. The number of amides is 1. The van der Waals surface area contributed by atoms with Gasteiger partial charge in [-0.25, -0.2) is 5.43 Å². The summed E-state index contributed by atoms with van der Waals surface area (Å²) in [5, 5.41) is 5.96. The number of thiophene rings is 1. The van der Waals surface area contributed by atoms with Crippen molar-refractivity contribution < 1.29 is 9.53 Å². The Morgan fingerprint density at radius 3 is 2.70 bits per heavy atom. The lowest BCUT2D eigenvalue weighted by Crippen LogP contribution is -2.19. The van der Waals surface area contributed by atoms with Gasteiger partial charge in [-0.15, -0.1) is 11.3 Å². The summed E-state index contributed by atoms with van der Waals surface area (Å²) in [7, 11) is 1.61. The van der Waals surface area contributed by atoms with Crippen molar-refractivity contribution in [2.45, 2.75) is 13.3 Å². The molecule has 5 heteroatoms. The monoisotopic (exact) mass is 288 g/mol. The molecule has 0 saturated carbocycles. The molecule has 0 aliphatic heterocycles. The van der Waals surface area contributed by atoms with Gasteiger partial charge in [0.1, 0.15) is 5.75 Å². The zero-order valence-electron chi connectivity index (χ0n) is 11.4. The van der Waals surface area contributed by atoms with Gasteiger partial charge in [0.2, 0.25) is 5.91 Å². The van der Waals surface area contributed by atoms with Crippen LogP contribution >= 0.6 is 11.3 Å². The van der Waals surface area contributed by atoms with Crippen molar-refractivity contribution in [3.05, 3.63) is 51.7 Å². The maximum absolute atomic E-state index is 11.7. The number of nitrogens with zero attached hydrogens (tertiary/aromatic N) is 1. The highest BCUT2D eigenvalue weighted by molar-refractivity contribution is 7.11. The number of benzene rings is 1. The highest BCUT2D eigenvalue weighted by atomic mass is 32.1. The van der Waals surface area contributed by atoms with E-state index in [0.717, 1.165) is 21.8 Å². The van der Waals surface area contributed by atoms with E-state index in [0.29, 0.717) is 6.42 Å². The largest absolute Gasteiger partial charge is 0.497 e. The maximum Gasteiger partial charge on any atom is 0.244 e. The normalized spacial score (nSPS) is 10.7. The fourth-order valence-electron chi connectivity index (χ4n) is 1.65. The first kappa shape index (κ1) is 14.3. The molecule has 2 aromatic rings. The Labute approximate surface area is 122 Å². The van der Waals surface area contributed by atoms with E-state index in [9.17, 15) is 4.79 Å². The van der Waals surface area contributed by atoms with Crippen molar-refractivity contribution in [3.63, 3.8) is 0 Å². The number of hydrazone groups is 1. The summed E-state index contributed by atoms with van der Waals surface area (Å²) in [6, 6.07) is 9.42. The summed E-state index contributed by atoms with van der Waals surface area (Å²) in [5.41, 5.74) is 4.61. The Balaban J connectivity index is 1.86. The molecule has 0 unspecified atom stereocenters. The van der Waals surface area contributed by atoms with Crippen LogP contribution in [0.15, 0.2) is 40.8 Å². The second kappa shape index (κ2) is 6.86. The molecular formula is C15H16N2O2S. The maximum atomic E-state index is 11.7. The van der Waals surface area contributed by atoms with Gasteiger partial charge in [0.05, 0.1) is 19.7 Å². The van der Waals surface area contributed by atoms with Gasteiger partial charge in [-0.2, -0.15) is 5.10 Å². The smallest absolute Gasteiger partial charge is 0.244 e. The highest BCUT2D eigenvalue weighted by Gasteiger charge is 2.02. The minimum absolute atomic E-state index is 0.138. The van der Waals surface area contributed by atoms with Gasteiger partial charge in [0, 0.05) is 4.88 Å². The number of aryl methyl sites for hydroxylation is 1. The minimum atomic E-state index is -0.138. The summed E-state index contributed by atoms with van der Waals surface area (Å²) >= 11 is 1.59. The average molecular weight is 288 g/mol.